The number of rotatable bonds is 9. The van der Waals surface area contributed by atoms with Crippen molar-refractivity contribution < 1.29 is 9.53 Å². The Balaban J connectivity index is 2.45. The molecule has 0 bridgehead atoms. The maximum atomic E-state index is 12.2. The van der Waals surface area contributed by atoms with Gasteiger partial charge in [0, 0.05) is 6.54 Å². The molecule has 0 fully saturated rings. The van der Waals surface area contributed by atoms with E-state index in [-0.39, 0.29) is 5.91 Å². The zero-order chi connectivity index (χ0) is 16.5. The molecule has 3 heteroatoms. The summed E-state index contributed by atoms with van der Waals surface area (Å²) in [6.45, 7) is 11.0. The number of carbonyl (C=O) groups excluding carboxylic acids is 1. The summed E-state index contributed by atoms with van der Waals surface area (Å²) in [6.07, 6.45) is 4.25. The van der Waals surface area contributed by atoms with Gasteiger partial charge >= 0.3 is 0 Å². The fourth-order valence-electron chi connectivity index (χ4n) is 2.38. The maximum absolute atomic E-state index is 12.2. The first-order chi connectivity index (χ1) is 10.5. The lowest BCUT2D eigenvalue weighted by Crippen LogP contribution is -2.38. The van der Waals surface area contributed by atoms with Crippen molar-refractivity contribution in [3.63, 3.8) is 0 Å². The van der Waals surface area contributed by atoms with Gasteiger partial charge in [0.1, 0.15) is 5.75 Å². The van der Waals surface area contributed by atoms with Gasteiger partial charge in [0.15, 0.2) is 6.10 Å². The fourth-order valence-corrected chi connectivity index (χ4v) is 2.38. The standard InChI is InChI=1S/C19H31NO2/c1-6-8-9-17(7-2)13-20-19(21)16(5)22-18-11-10-14(3)15(4)12-18/h10-12,16-17H,6-9,13H2,1-5H3,(H,20,21)/t16-,17+/m0/s1. The van der Waals surface area contributed by atoms with E-state index < -0.39 is 6.10 Å². The molecule has 0 aromatic heterocycles. The molecule has 1 amide bonds. The van der Waals surface area contributed by atoms with E-state index in [0.29, 0.717) is 5.92 Å². The van der Waals surface area contributed by atoms with Crippen molar-refractivity contribution in [2.24, 2.45) is 5.92 Å². The van der Waals surface area contributed by atoms with Gasteiger partial charge < -0.3 is 10.1 Å². The van der Waals surface area contributed by atoms with Crippen LogP contribution in [0.25, 0.3) is 0 Å². The number of ether oxygens (including phenoxy) is 1. The average molecular weight is 305 g/mol. The first-order valence-corrected chi connectivity index (χ1v) is 8.49. The lowest BCUT2D eigenvalue weighted by Gasteiger charge is -2.19. The molecule has 0 heterocycles. The molecule has 0 unspecified atom stereocenters. The van der Waals surface area contributed by atoms with Gasteiger partial charge in [-0.2, -0.15) is 0 Å². The first-order valence-electron chi connectivity index (χ1n) is 8.49. The third-order valence-electron chi connectivity index (χ3n) is 4.27. The number of nitrogens with one attached hydrogen (secondary N) is 1. The monoisotopic (exact) mass is 305 g/mol. The fraction of sp³-hybridized carbons (Fsp3) is 0.632. The van der Waals surface area contributed by atoms with Crippen molar-refractivity contribution in [1.82, 2.24) is 5.32 Å². The van der Waals surface area contributed by atoms with Crippen LogP contribution in [0.3, 0.4) is 0 Å². The number of unbranched alkanes of at least 4 members (excludes halogenated alkanes) is 1. The van der Waals surface area contributed by atoms with E-state index in [1.807, 2.05) is 25.1 Å². The topological polar surface area (TPSA) is 38.3 Å². The van der Waals surface area contributed by atoms with E-state index in [1.165, 1.54) is 30.4 Å². The van der Waals surface area contributed by atoms with Gasteiger partial charge in [0.05, 0.1) is 0 Å². The lowest BCUT2D eigenvalue weighted by atomic mass is 9.99. The summed E-state index contributed by atoms with van der Waals surface area (Å²) < 4.78 is 5.75. The summed E-state index contributed by atoms with van der Waals surface area (Å²) in [5.74, 6) is 1.29. The van der Waals surface area contributed by atoms with E-state index in [4.69, 9.17) is 4.74 Å². The third-order valence-corrected chi connectivity index (χ3v) is 4.27. The molecule has 3 nitrogen and oxygen atoms in total. The molecule has 1 aromatic rings. The second-order valence-electron chi connectivity index (χ2n) is 6.17. The molecule has 1 rings (SSSR count). The number of amides is 1. The molecule has 1 N–H and O–H groups in total. The largest absolute Gasteiger partial charge is 0.481 e. The van der Waals surface area contributed by atoms with Crippen LogP contribution in [0.15, 0.2) is 18.2 Å². The molecule has 0 aliphatic rings. The number of benzene rings is 1. The van der Waals surface area contributed by atoms with Crippen LogP contribution in [0.1, 0.15) is 57.6 Å². The highest BCUT2D eigenvalue weighted by Crippen LogP contribution is 2.18. The minimum absolute atomic E-state index is 0.0341. The Bertz CT molecular complexity index is 471. The highest BCUT2D eigenvalue weighted by Gasteiger charge is 2.16. The summed E-state index contributed by atoms with van der Waals surface area (Å²) in [5.41, 5.74) is 2.40. The van der Waals surface area contributed by atoms with Crippen LogP contribution in [0, 0.1) is 19.8 Å². The van der Waals surface area contributed by atoms with Gasteiger partial charge in [-0.25, -0.2) is 0 Å². The molecule has 22 heavy (non-hydrogen) atoms. The van der Waals surface area contributed by atoms with Crippen LogP contribution in [-0.2, 0) is 4.79 Å². The highest BCUT2D eigenvalue weighted by molar-refractivity contribution is 5.80. The van der Waals surface area contributed by atoms with Crippen LogP contribution < -0.4 is 10.1 Å². The molecule has 0 aliphatic heterocycles. The van der Waals surface area contributed by atoms with Gasteiger partial charge in [-0.05, 0) is 56.4 Å². The van der Waals surface area contributed by atoms with Crippen LogP contribution in [0.2, 0.25) is 0 Å². The van der Waals surface area contributed by atoms with Gasteiger partial charge in [0.2, 0.25) is 0 Å². The van der Waals surface area contributed by atoms with E-state index in [0.717, 1.165) is 18.7 Å². The van der Waals surface area contributed by atoms with Crippen LogP contribution >= 0.6 is 0 Å². The average Bonchev–Trinajstić information content (AvgIpc) is 2.50. The maximum Gasteiger partial charge on any atom is 0.260 e. The van der Waals surface area contributed by atoms with Gasteiger partial charge in [-0.15, -0.1) is 0 Å². The predicted molar refractivity (Wildman–Crippen MR) is 92.3 cm³/mol. The second-order valence-corrected chi connectivity index (χ2v) is 6.17. The van der Waals surface area contributed by atoms with Crippen molar-refractivity contribution in [3.05, 3.63) is 29.3 Å². The molecule has 1 aromatic carbocycles. The Kier molecular flexibility index (Phi) is 8.00. The minimum Gasteiger partial charge on any atom is -0.481 e. The molecule has 2 atom stereocenters. The Morgan fingerprint density at radius 3 is 2.55 bits per heavy atom. The summed E-state index contributed by atoms with van der Waals surface area (Å²) in [7, 11) is 0. The van der Waals surface area contributed by atoms with E-state index in [9.17, 15) is 4.79 Å². The van der Waals surface area contributed by atoms with E-state index >= 15 is 0 Å². The van der Waals surface area contributed by atoms with Crippen molar-refractivity contribution in [1.29, 1.82) is 0 Å². The van der Waals surface area contributed by atoms with Crippen LogP contribution in [0.4, 0.5) is 0 Å². The van der Waals surface area contributed by atoms with Gasteiger partial charge in [-0.3, -0.25) is 4.79 Å². The molecule has 0 aliphatic carbocycles. The number of aryl methyl sites for hydroxylation is 2. The summed E-state index contributed by atoms with van der Waals surface area (Å²) in [6, 6.07) is 5.92. The van der Waals surface area contributed by atoms with E-state index in [1.54, 1.807) is 6.92 Å². The van der Waals surface area contributed by atoms with Gasteiger partial charge in [0.25, 0.3) is 5.91 Å². The Morgan fingerprint density at radius 1 is 1.23 bits per heavy atom. The number of hydrogen-bond donors (Lipinski definition) is 1. The molecule has 0 spiro atoms. The summed E-state index contributed by atoms with van der Waals surface area (Å²) in [5, 5.41) is 3.02. The van der Waals surface area contributed by atoms with Crippen molar-refractivity contribution in [3.8, 4) is 5.75 Å². The zero-order valence-corrected chi connectivity index (χ0v) is 14.7. The molecule has 124 valence electrons. The van der Waals surface area contributed by atoms with Crippen LogP contribution in [-0.4, -0.2) is 18.6 Å². The second kappa shape index (κ2) is 9.50. The van der Waals surface area contributed by atoms with Crippen molar-refractivity contribution in [2.45, 2.75) is 66.4 Å². The van der Waals surface area contributed by atoms with Crippen molar-refractivity contribution >= 4 is 5.91 Å². The zero-order valence-electron chi connectivity index (χ0n) is 14.7. The molecule has 0 saturated heterocycles. The SMILES string of the molecule is CCCC[C@@H](CC)CNC(=O)[C@H](C)Oc1ccc(C)c(C)c1. The van der Waals surface area contributed by atoms with E-state index in [2.05, 4.69) is 26.1 Å². The lowest BCUT2D eigenvalue weighted by molar-refractivity contribution is -0.127. The minimum atomic E-state index is -0.467. The van der Waals surface area contributed by atoms with Crippen molar-refractivity contribution in [2.75, 3.05) is 6.54 Å². The Hall–Kier alpha value is -1.51. The Labute approximate surface area is 135 Å². The predicted octanol–water partition coefficient (Wildman–Crippen LogP) is 4.40. The molecular weight excluding hydrogens is 274 g/mol. The third kappa shape index (κ3) is 6.08. The first kappa shape index (κ1) is 18.5. The van der Waals surface area contributed by atoms with Crippen LogP contribution in [0.5, 0.6) is 5.75 Å². The molecular formula is C19H31NO2. The molecule has 0 saturated carbocycles. The number of hydrogen-bond acceptors (Lipinski definition) is 2. The summed E-state index contributed by atoms with van der Waals surface area (Å²) in [4.78, 5) is 12.2. The summed E-state index contributed by atoms with van der Waals surface area (Å²) >= 11 is 0. The smallest absolute Gasteiger partial charge is 0.260 e. The van der Waals surface area contributed by atoms with Gasteiger partial charge in [-0.1, -0.05) is 39.2 Å². The number of carbonyl (C=O) groups is 1. The Morgan fingerprint density at radius 2 is 1.95 bits per heavy atom. The molecule has 0 radical (unpaired) electrons. The quantitative estimate of drug-likeness (QED) is 0.734. The highest BCUT2D eigenvalue weighted by atomic mass is 16.5. The normalized spacial score (nSPS) is 13.5.